The van der Waals surface area contributed by atoms with Crippen molar-refractivity contribution in [2.45, 2.75) is 12.8 Å². The maximum absolute atomic E-state index is 5.90. The molecule has 1 unspecified atom stereocenters. The van der Waals surface area contributed by atoms with Crippen molar-refractivity contribution in [2.75, 3.05) is 39.3 Å². The zero-order chi connectivity index (χ0) is 11.4. The van der Waals surface area contributed by atoms with E-state index in [2.05, 4.69) is 29.3 Å². The maximum atomic E-state index is 5.90. The lowest BCUT2D eigenvalue weighted by atomic mass is 10.1. The molecule has 16 heavy (non-hydrogen) atoms. The van der Waals surface area contributed by atoms with Crippen LogP contribution in [0.2, 0.25) is 0 Å². The van der Waals surface area contributed by atoms with Crippen molar-refractivity contribution >= 4 is 11.3 Å². The highest BCUT2D eigenvalue weighted by Gasteiger charge is 2.17. The average Bonchev–Trinajstić information content (AvgIpc) is 2.74. The summed E-state index contributed by atoms with van der Waals surface area (Å²) in [6.45, 7) is 8.55. The summed E-state index contributed by atoms with van der Waals surface area (Å²) in [4.78, 5) is 5.34. The van der Waals surface area contributed by atoms with Crippen molar-refractivity contribution < 1.29 is 0 Å². The van der Waals surface area contributed by atoms with Gasteiger partial charge in [-0.2, -0.15) is 0 Å². The van der Waals surface area contributed by atoms with Crippen LogP contribution in [0.15, 0.2) is 12.1 Å². The van der Waals surface area contributed by atoms with Crippen LogP contribution in [0, 0.1) is 6.92 Å². The van der Waals surface area contributed by atoms with Crippen LogP contribution in [0.3, 0.4) is 0 Å². The Morgan fingerprint density at radius 3 is 2.75 bits per heavy atom. The monoisotopic (exact) mass is 239 g/mol. The van der Waals surface area contributed by atoms with E-state index in [0.717, 1.165) is 39.3 Å². The Kier molecular flexibility index (Phi) is 4.35. The Morgan fingerprint density at radius 2 is 2.19 bits per heavy atom. The Morgan fingerprint density at radius 1 is 1.44 bits per heavy atom. The number of hydrogen-bond acceptors (Lipinski definition) is 4. The molecule has 4 heteroatoms. The van der Waals surface area contributed by atoms with E-state index in [1.807, 2.05) is 11.3 Å². The third-order valence-corrected chi connectivity index (χ3v) is 4.30. The van der Waals surface area contributed by atoms with Gasteiger partial charge in [0, 0.05) is 54.9 Å². The molecule has 1 aromatic heterocycles. The van der Waals surface area contributed by atoms with Gasteiger partial charge in [-0.1, -0.05) is 0 Å². The molecule has 0 bridgehead atoms. The summed E-state index contributed by atoms with van der Waals surface area (Å²) in [6, 6.07) is 4.43. The minimum absolute atomic E-state index is 0.511. The van der Waals surface area contributed by atoms with Crippen molar-refractivity contribution in [3.63, 3.8) is 0 Å². The lowest BCUT2D eigenvalue weighted by molar-refractivity contribution is 0.229. The highest BCUT2D eigenvalue weighted by molar-refractivity contribution is 7.12. The molecular formula is C12H21N3S. The molecule has 0 aliphatic carbocycles. The van der Waals surface area contributed by atoms with Crippen LogP contribution < -0.4 is 11.1 Å². The molecule has 1 saturated heterocycles. The summed E-state index contributed by atoms with van der Waals surface area (Å²) >= 11 is 1.89. The van der Waals surface area contributed by atoms with Crippen LogP contribution in [-0.4, -0.2) is 44.2 Å². The molecule has 1 fully saturated rings. The van der Waals surface area contributed by atoms with E-state index in [0.29, 0.717) is 5.92 Å². The Hall–Kier alpha value is -0.420. The number of rotatable bonds is 4. The zero-order valence-electron chi connectivity index (χ0n) is 9.91. The maximum Gasteiger partial charge on any atom is 0.0183 e. The second kappa shape index (κ2) is 5.77. The highest BCUT2D eigenvalue weighted by atomic mass is 32.1. The van der Waals surface area contributed by atoms with Crippen LogP contribution in [0.4, 0.5) is 0 Å². The van der Waals surface area contributed by atoms with Crippen molar-refractivity contribution in [1.29, 1.82) is 0 Å². The summed E-state index contributed by atoms with van der Waals surface area (Å²) in [5.41, 5.74) is 5.90. The van der Waals surface area contributed by atoms with Gasteiger partial charge in [0.15, 0.2) is 0 Å². The van der Waals surface area contributed by atoms with E-state index < -0.39 is 0 Å². The minimum Gasteiger partial charge on any atom is -0.330 e. The van der Waals surface area contributed by atoms with Gasteiger partial charge in [0.2, 0.25) is 0 Å². The summed E-state index contributed by atoms with van der Waals surface area (Å²) in [6.07, 6.45) is 0. The van der Waals surface area contributed by atoms with Crippen LogP contribution in [-0.2, 0) is 0 Å². The number of thiophene rings is 1. The topological polar surface area (TPSA) is 41.3 Å². The smallest absolute Gasteiger partial charge is 0.0183 e. The molecule has 1 aliphatic heterocycles. The van der Waals surface area contributed by atoms with Gasteiger partial charge < -0.3 is 16.0 Å². The van der Waals surface area contributed by atoms with Crippen LogP contribution in [0.1, 0.15) is 15.7 Å². The summed E-state index contributed by atoms with van der Waals surface area (Å²) in [5, 5.41) is 3.38. The summed E-state index contributed by atoms with van der Waals surface area (Å²) < 4.78 is 0. The standard InChI is InChI=1S/C12H21N3S/c1-10-2-3-12(16-10)11(8-13)9-15-6-4-14-5-7-15/h2-3,11,14H,4-9,13H2,1H3. The second-order valence-corrected chi connectivity index (χ2v) is 5.75. The van der Waals surface area contributed by atoms with Crippen molar-refractivity contribution in [3.05, 3.63) is 21.9 Å². The Bertz CT molecular complexity index is 318. The Labute approximate surface area is 102 Å². The molecule has 0 aromatic carbocycles. The predicted octanol–water partition coefficient (Wildman–Crippen LogP) is 1.00. The molecule has 90 valence electrons. The molecular weight excluding hydrogens is 218 g/mol. The average molecular weight is 239 g/mol. The fourth-order valence-electron chi connectivity index (χ4n) is 2.16. The van der Waals surface area contributed by atoms with Crippen LogP contribution in [0.5, 0.6) is 0 Å². The second-order valence-electron chi connectivity index (χ2n) is 4.43. The number of hydrogen-bond donors (Lipinski definition) is 2. The zero-order valence-corrected chi connectivity index (χ0v) is 10.7. The third kappa shape index (κ3) is 3.04. The molecule has 1 aliphatic rings. The lowest BCUT2D eigenvalue weighted by Gasteiger charge is -2.30. The van der Waals surface area contributed by atoms with Gasteiger partial charge in [-0.25, -0.2) is 0 Å². The van der Waals surface area contributed by atoms with Crippen molar-refractivity contribution in [2.24, 2.45) is 5.73 Å². The molecule has 3 N–H and O–H groups in total. The van der Waals surface area contributed by atoms with Crippen LogP contribution in [0.25, 0.3) is 0 Å². The molecule has 0 saturated carbocycles. The normalized spacial score (nSPS) is 19.9. The molecule has 1 atom stereocenters. The van der Waals surface area contributed by atoms with Gasteiger partial charge in [-0.3, -0.25) is 0 Å². The number of nitrogens with one attached hydrogen (secondary N) is 1. The van der Waals surface area contributed by atoms with Crippen LogP contribution >= 0.6 is 11.3 Å². The van der Waals surface area contributed by atoms with E-state index in [1.54, 1.807) is 0 Å². The molecule has 1 aromatic rings. The van der Waals surface area contributed by atoms with E-state index >= 15 is 0 Å². The van der Waals surface area contributed by atoms with E-state index in [1.165, 1.54) is 9.75 Å². The Balaban J connectivity index is 1.94. The number of nitrogens with zero attached hydrogens (tertiary/aromatic N) is 1. The fourth-order valence-corrected chi connectivity index (χ4v) is 3.14. The predicted molar refractivity (Wildman–Crippen MR) is 70.2 cm³/mol. The van der Waals surface area contributed by atoms with Gasteiger partial charge in [-0.15, -0.1) is 11.3 Å². The van der Waals surface area contributed by atoms with E-state index in [4.69, 9.17) is 5.73 Å². The largest absolute Gasteiger partial charge is 0.330 e. The first kappa shape index (κ1) is 12.0. The van der Waals surface area contributed by atoms with Gasteiger partial charge in [0.25, 0.3) is 0 Å². The SMILES string of the molecule is Cc1ccc(C(CN)CN2CCNCC2)s1. The first-order valence-electron chi connectivity index (χ1n) is 5.99. The molecule has 0 spiro atoms. The van der Waals surface area contributed by atoms with Gasteiger partial charge in [0.05, 0.1) is 0 Å². The van der Waals surface area contributed by atoms with Crippen molar-refractivity contribution in [1.82, 2.24) is 10.2 Å². The molecule has 2 rings (SSSR count). The van der Waals surface area contributed by atoms with Gasteiger partial charge >= 0.3 is 0 Å². The number of piperazine rings is 1. The summed E-state index contributed by atoms with van der Waals surface area (Å²) in [7, 11) is 0. The summed E-state index contributed by atoms with van der Waals surface area (Å²) in [5.74, 6) is 0.511. The molecule has 0 amide bonds. The number of nitrogens with two attached hydrogens (primary N) is 1. The first-order valence-corrected chi connectivity index (χ1v) is 6.80. The quantitative estimate of drug-likeness (QED) is 0.824. The minimum atomic E-state index is 0.511. The van der Waals surface area contributed by atoms with E-state index in [9.17, 15) is 0 Å². The van der Waals surface area contributed by atoms with Gasteiger partial charge in [0.1, 0.15) is 0 Å². The number of aryl methyl sites for hydroxylation is 1. The van der Waals surface area contributed by atoms with Gasteiger partial charge in [-0.05, 0) is 19.1 Å². The van der Waals surface area contributed by atoms with E-state index in [-0.39, 0.29) is 0 Å². The first-order chi connectivity index (χ1) is 7.79. The molecule has 2 heterocycles. The molecule has 3 nitrogen and oxygen atoms in total. The van der Waals surface area contributed by atoms with Crippen molar-refractivity contribution in [3.8, 4) is 0 Å². The third-order valence-electron chi connectivity index (χ3n) is 3.14. The fraction of sp³-hybridized carbons (Fsp3) is 0.667. The lowest BCUT2D eigenvalue weighted by Crippen LogP contribution is -2.45. The highest BCUT2D eigenvalue weighted by Crippen LogP contribution is 2.24. The molecule has 0 radical (unpaired) electrons.